The first-order chi connectivity index (χ1) is 12.6. The number of hydrogen-bond donors (Lipinski definition) is 2. The summed E-state index contributed by atoms with van der Waals surface area (Å²) in [6, 6.07) is 14.1. The Morgan fingerprint density at radius 1 is 1.23 bits per heavy atom. The third-order valence-corrected chi connectivity index (χ3v) is 5.50. The highest BCUT2D eigenvalue weighted by Gasteiger charge is 2.24. The van der Waals surface area contributed by atoms with Crippen molar-refractivity contribution >= 4 is 45.7 Å². The lowest BCUT2D eigenvalue weighted by Crippen LogP contribution is -2.40. The Kier molecular flexibility index (Phi) is 4.83. The SMILES string of the molecule is Cc1cccc(NC(=S)N2CCC(c3nc4ccc(Cl)cc4[nH]3)CC2)c1. The number of H-pyrrole nitrogens is 1. The number of rotatable bonds is 2. The van der Waals surface area contributed by atoms with Gasteiger partial charge in [0.2, 0.25) is 0 Å². The monoisotopic (exact) mass is 384 g/mol. The zero-order chi connectivity index (χ0) is 18.1. The summed E-state index contributed by atoms with van der Waals surface area (Å²) in [7, 11) is 0. The largest absolute Gasteiger partial charge is 0.349 e. The lowest BCUT2D eigenvalue weighted by molar-refractivity contribution is 0.311. The zero-order valence-electron chi connectivity index (χ0n) is 14.6. The molecule has 4 rings (SSSR count). The van der Waals surface area contributed by atoms with Gasteiger partial charge in [-0.2, -0.15) is 0 Å². The molecule has 1 aromatic heterocycles. The van der Waals surface area contributed by atoms with E-state index in [4.69, 9.17) is 28.8 Å². The second-order valence-electron chi connectivity index (χ2n) is 6.84. The molecule has 1 saturated heterocycles. The van der Waals surface area contributed by atoms with E-state index < -0.39 is 0 Å². The number of halogens is 1. The molecule has 0 spiro atoms. The molecule has 0 saturated carbocycles. The lowest BCUT2D eigenvalue weighted by atomic mass is 9.96. The number of aromatic nitrogens is 2. The summed E-state index contributed by atoms with van der Waals surface area (Å²) >= 11 is 11.7. The maximum Gasteiger partial charge on any atom is 0.173 e. The molecule has 0 aliphatic carbocycles. The van der Waals surface area contributed by atoms with Crippen LogP contribution in [0, 0.1) is 6.92 Å². The topological polar surface area (TPSA) is 44.0 Å². The zero-order valence-corrected chi connectivity index (χ0v) is 16.2. The van der Waals surface area contributed by atoms with Crippen molar-refractivity contribution in [1.29, 1.82) is 0 Å². The molecule has 1 aliphatic rings. The summed E-state index contributed by atoms with van der Waals surface area (Å²) < 4.78 is 0. The van der Waals surface area contributed by atoms with Crippen LogP contribution in [-0.2, 0) is 0 Å². The Morgan fingerprint density at radius 2 is 2.04 bits per heavy atom. The summed E-state index contributed by atoms with van der Waals surface area (Å²) in [5, 5.41) is 4.88. The number of thiocarbonyl (C=S) groups is 1. The lowest BCUT2D eigenvalue weighted by Gasteiger charge is -2.33. The second-order valence-corrected chi connectivity index (χ2v) is 7.67. The van der Waals surface area contributed by atoms with Crippen LogP contribution in [0.1, 0.15) is 30.1 Å². The molecule has 0 unspecified atom stereocenters. The average Bonchev–Trinajstić information content (AvgIpc) is 3.05. The van der Waals surface area contributed by atoms with Crippen LogP contribution in [0.15, 0.2) is 42.5 Å². The van der Waals surface area contributed by atoms with Gasteiger partial charge in [0.1, 0.15) is 5.82 Å². The van der Waals surface area contributed by atoms with Crippen molar-refractivity contribution in [2.75, 3.05) is 18.4 Å². The molecule has 1 fully saturated rings. The van der Waals surface area contributed by atoms with E-state index in [-0.39, 0.29) is 0 Å². The van der Waals surface area contributed by atoms with Crippen molar-refractivity contribution in [2.24, 2.45) is 0 Å². The highest BCUT2D eigenvalue weighted by Crippen LogP contribution is 2.29. The van der Waals surface area contributed by atoms with E-state index in [0.29, 0.717) is 5.92 Å². The molecule has 134 valence electrons. The molecular weight excluding hydrogens is 364 g/mol. The molecule has 2 N–H and O–H groups in total. The molecule has 2 heterocycles. The number of nitrogens with zero attached hydrogens (tertiary/aromatic N) is 2. The Bertz CT molecular complexity index is 944. The number of piperidine rings is 1. The van der Waals surface area contributed by atoms with Crippen molar-refractivity contribution < 1.29 is 0 Å². The van der Waals surface area contributed by atoms with E-state index in [1.54, 1.807) is 0 Å². The number of nitrogens with one attached hydrogen (secondary N) is 2. The number of anilines is 1. The summed E-state index contributed by atoms with van der Waals surface area (Å²) in [6.45, 7) is 3.94. The van der Waals surface area contributed by atoms with E-state index >= 15 is 0 Å². The van der Waals surface area contributed by atoms with Gasteiger partial charge < -0.3 is 15.2 Å². The fraction of sp³-hybridized carbons (Fsp3) is 0.300. The number of aryl methyl sites for hydroxylation is 1. The van der Waals surface area contributed by atoms with Gasteiger partial charge >= 0.3 is 0 Å². The Labute approximate surface area is 163 Å². The Balaban J connectivity index is 1.39. The molecule has 4 nitrogen and oxygen atoms in total. The summed E-state index contributed by atoms with van der Waals surface area (Å²) in [4.78, 5) is 10.4. The van der Waals surface area contributed by atoms with Crippen LogP contribution < -0.4 is 5.32 Å². The predicted molar refractivity (Wildman–Crippen MR) is 112 cm³/mol. The first-order valence-electron chi connectivity index (χ1n) is 8.86. The van der Waals surface area contributed by atoms with Crippen LogP contribution in [-0.4, -0.2) is 33.1 Å². The number of likely N-dealkylation sites (tertiary alicyclic amines) is 1. The summed E-state index contributed by atoms with van der Waals surface area (Å²) in [5.41, 5.74) is 4.25. The van der Waals surface area contributed by atoms with Crippen LogP contribution in [0.25, 0.3) is 11.0 Å². The Hall–Kier alpha value is -2.11. The van der Waals surface area contributed by atoms with Gasteiger partial charge in [-0.25, -0.2) is 4.98 Å². The van der Waals surface area contributed by atoms with Gasteiger partial charge in [-0.15, -0.1) is 0 Å². The minimum Gasteiger partial charge on any atom is -0.349 e. The standard InChI is InChI=1S/C20H21ClN4S/c1-13-3-2-4-16(11-13)22-20(26)25-9-7-14(8-10-25)19-23-17-6-5-15(21)12-18(17)24-19/h2-6,11-12,14H,7-10H2,1H3,(H,22,26)(H,23,24). The number of fused-ring (bicyclic) bond motifs is 1. The van der Waals surface area contributed by atoms with Crippen molar-refractivity contribution in [1.82, 2.24) is 14.9 Å². The van der Waals surface area contributed by atoms with Crippen LogP contribution in [0.4, 0.5) is 5.69 Å². The average molecular weight is 385 g/mol. The minimum absolute atomic E-state index is 0.430. The molecule has 6 heteroatoms. The van der Waals surface area contributed by atoms with E-state index in [1.165, 1.54) is 5.56 Å². The van der Waals surface area contributed by atoms with Gasteiger partial charge in [-0.1, -0.05) is 23.7 Å². The molecule has 2 aromatic carbocycles. The van der Waals surface area contributed by atoms with Gasteiger partial charge in [0.05, 0.1) is 11.0 Å². The molecule has 0 bridgehead atoms. The quantitative estimate of drug-likeness (QED) is 0.603. The first kappa shape index (κ1) is 17.3. The summed E-state index contributed by atoms with van der Waals surface area (Å²) in [5.74, 6) is 1.48. The van der Waals surface area contributed by atoms with Gasteiger partial charge in [0, 0.05) is 29.7 Å². The van der Waals surface area contributed by atoms with Gasteiger partial charge in [0.25, 0.3) is 0 Å². The number of benzene rings is 2. The van der Waals surface area contributed by atoms with Crippen molar-refractivity contribution in [2.45, 2.75) is 25.7 Å². The number of aromatic amines is 1. The van der Waals surface area contributed by atoms with E-state index in [0.717, 1.165) is 58.6 Å². The van der Waals surface area contributed by atoms with Crippen LogP contribution in [0.3, 0.4) is 0 Å². The first-order valence-corrected chi connectivity index (χ1v) is 9.65. The molecule has 3 aromatic rings. The summed E-state index contributed by atoms with van der Waals surface area (Å²) in [6.07, 6.45) is 2.06. The van der Waals surface area contributed by atoms with Crippen molar-refractivity contribution in [3.63, 3.8) is 0 Å². The minimum atomic E-state index is 0.430. The maximum atomic E-state index is 6.07. The van der Waals surface area contributed by atoms with Gasteiger partial charge in [-0.05, 0) is 67.9 Å². The van der Waals surface area contributed by atoms with E-state index in [9.17, 15) is 0 Å². The molecule has 0 amide bonds. The Morgan fingerprint density at radius 3 is 2.81 bits per heavy atom. The van der Waals surface area contributed by atoms with Crippen molar-refractivity contribution in [3.05, 3.63) is 58.9 Å². The van der Waals surface area contributed by atoms with Crippen LogP contribution in [0.2, 0.25) is 5.02 Å². The number of hydrogen-bond acceptors (Lipinski definition) is 2. The predicted octanol–water partition coefficient (Wildman–Crippen LogP) is 5.10. The van der Waals surface area contributed by atoms with E-state index in [2.05, 4.69) is 34.3 Å². The molecule has 0 radical (unpaired) electrons. The van der Waals surface area contributed by atoms with Gasteiger partial charge in [-0.3, -0.25) is 0 Å². The molecule has 26 heavy (non-hydrogen) atoms. The smallest absolute Gasteiger partial charge is 0.173 e. The highest BCUT2D eigenvalue weighted by molar-refractivity contribution is 7.80. The normalized spacial score (nSPS) is 15.4. The van der Waals surface area contributed by atoms with Crippen molar-refractivity contribution in [3.8, 4) is 0 Å². The van der Waals surface area contributed by atoms with Gasteiger partial charge in [0.15, 0.2) is 5.11 Å². The second kappa shape index (κ2) is 7.25. The maximum absolute atomic E-state index is 6.07. The number of imidazole rings is 1. The fourth-order valence-electron chi connectivity index (χ4n) is 3.48. The third kappa shape index (κ3) is 3.69. The molecular formula is C20H21ClN4S. The van der Waals surface area contributed by atoms with E-state index in [1.807, 2.05) is 30.3 Å². The highest BCUT2D eigenvalue weighted by atomic mass is 35.5. The third-order valence-electron chi connectivity index (χ3n) is 4.90. The van der Waals surface area contributed by atoms with Crippen LogP contribution in [0.5, 0.6) is 0 Å². The fourth-order valence-corrected chi connectivity index (χ4v) is 3.95. The molecule has 0 atom stereocenters. The molecule has 1 aliphatic heterocycles. The van der Waals surface area contributed by atoms with Crippen LogP contribution >= 0.6 is 23.8 Å².